The summed E-state index contributed by atoms with van der Waals surface area (Å²) in [5, 5.41) is 9.90. The molecule has 1 aromatic carbocycles. The van der Waals surface area contributed by atoms with Gasteiger partial charge in [-0.1, -0.05) is 36.4 Å². The Kier molecular flexibility index (Phi) is 5.57. The molecular formula is C22H21N7O2. The second-order valence-corrected chi connectivity index (χ2v) is 7.01. The van der Waals surface area contributed by atoms with Crippen molar-refractivity contribution in [3.8, 4) is 0 Å². The van der Waals surface area contributed by atoms with Gasteiger partial charge in [-0.2, -0.15) is 5.10 Å². The number of nitrogen functional groups attached to an aromatic ring is 1. The van der Waals surface area contributed by atoms with Crippen LogP contribution < -0.4 is 11.1 Å². The van der Waals surface area contributed by atoms with Crippen LogP contribution in [0.3, 0.4) is 0 Å². The van der Waals surface area contributed by atoms with Crippen LogP contribution in [0.4, 0.5) is 11.5 Å². The van der Waals surface area contributed by atoms with Gasteiger partial charge >= 0.3 is 11.8 Å². The van der Waals surface area contributed by atoms with E-state index >= 15 is 0 Å². The van der Waals surface area contributed by atoms with Gasteiger partial charge < -0.3 is 16.0 Å². The summed E-state index contributed by atoms with van der Waals surface area (Å²) in [5.41, 5.74) is 8.24. The summed E-state index contributed by atoms with van der Waals surface area (Å²) in [7, 11) is 0. The predicted octanol–water partition coefficient (Wildman–Crippen LogP) is 2.66. The van der Waals surface area contributed by atoms with Gasteiger partial charge in [0.2, 0.25) is 0 Å². The fourth-order valence-corrected chi connectivity index (χ4v) is 3.32. The molecule has 4 N–H and O–H groups in total. The van der Waals surface area contributed by atoms with Crippen molar-refractivity contribution in [2.75, 3.05) is 11.1 Å². The molecule has 156 valence electrons. The topological polar surface area (TPSA) is 130 Å². The number of hydrogen-bond donors (Lipinski definition) is 3. The van der Waals surface area contributed by atoms with Crippen LogP contribution in [0.15, 0.2) is 67.1 Å². The molecule has 4 rings (SSSR count). The summed E-state index contributed by atoms with van der Waals surface area (Å²) in [6.07, 6.45) is 4.56. The van der Waals surface area contributed by atoms with Gasteiger partial charge in [-0.3, -0.25) is 19.7 Å². The fourth-order valence-electron chi connectivity index (χ4n) is 3.32. The molecule has 9 heteroatoms. The van der Waals surface area contributed by atoms with E-state index < -0.39 is 11.8 Å². The maximum atomic E-state index is 13.2. The molecule has 2 amide bonds. The lowest BCUT2D eigenvalue weighted by molar-refractivity contribution is -0.145. The van der Waals surface area contributed by atoms with Gasteiger partial charge in [-0.05, 0) is 24.6 Å². The number of amides is 2. The second-order valence-electron chi connectivity index (χ2n) is 7.01. The van der Waals surface area contributed by atoms with Gasteiger partial charge in [-0.15, -0.1) is 0 Å². The first kappa shape index (κ1) is 20.0. The number of nitrogens with zero attached hydrogens (tertiary/aromatic N) is 4. The number of benzene rings is 1. The van der Waals surface area contributed by atoms with Crippen molar-refractivity contribution < 1.29 is 9.59 Å². The van der Waals surface area contributed by atoms with Crippen LogP contribution in [0.2, 0.25) is 0 Å². The summed E-state index contributed by atoms with van der Waals surface area (Å²) in [6.45, 7) is 2.06. The van der Waals surface area contributed by atoms with Crippen LogP contribution in [0.1, 0.15) is 24.2 Å². The van der Waals surface area contributed by atoms with Gasteiger partial charge in [0.05, 0.1) is 47.3 Å². The van der Waals surface area contributed by atoms with Crippen molar-refractivity contribution in [1.29, 1.82) is 0 Å². The monoisotopic (exact) mass is 415 g/mol. The molecule has 4 aromatic rings. The lowest BCUT2D eigenvalue weighted by Gasteiger charge is -2.29. The quantitative estimate of drug-likeness (QED) is 0.430. The third-order valence-electron chi connectivity index (χ3n) is 5.03. The van der Waals surface area contributed by atoms with Crippen molar-refractivity contribution in [2.45, 2.75) is 19.5 Å². The van der Waals surface area contributed by atoms with Gasteiger partial charge in [-0.25, -0.2) is 4.98 Å². The smallest absolute Gasteiger partial charge is 0.314 e. The van der Waals surface area contributed by atoms with Crippen LogP contribution in [-0.2, 0) is 16.1 Å². The highest BCUT2D eigenvalue weighted by molar-refractivity contribution is 6.40. The van der Waals surface area contributed by atoms with Crippen molar-refractivity contribution in [1.82, 2.24) is 25.1 Å². The molecule has 0 radical (unpaired) electrons. The number of H-pyrrole nitrogens is 1. The average Bonchev–Trinajstić information content (AvgIpc) is 3.31. The molecule has 0 saturated heterocycles. The van der Waals surface area contributed by atoms with Gasteiger partial charge in [0, 0.05) is 6.20 Å². The number of fused-ring (bicyclic) bond motifs is 1. The third kappa shape index (κ3) is 4.20. The van der Waals surface area contributed by atoms with Crippen LogP contribution >= 0.6 is 0 Å². The summed E-state index contributed by atoms with van der Waals surface area (Å²) in [5.74, 6) is -1.20. The number of hydrogen-bond acceptors (Lipinski definition) is 6. The maximum Gasteiger partial charge on any atom is 0.314 e. The minimum absolute atomic E-state index is 0.183. The number of aromatic nitrogens is 4. The number of pyridine rings is 2. The van der Waals surface area contributed by atoms with E-state index in [9.17, 15) is 9.59 Å². The average molecular weight is 415 g/mol. The number of rotatable bonds is 5. The van der Waals surface area contributed by atoms with Crippen LogP contribution in [-0.4, -0.2) is 36.9 Å². The molecule has 1 atom stereocenters. The van der Waals surface area contributed by atoms with Crippen molar-refractivity contribution in [2.24, 2.45) is 0 Å². The standard InChI is InChI=1S/C22H21N7O2/c1-14(15-7-3-2-4-8-15)29(13-16-9-5-6-10-24-16)22(31)21(30)27-18-12-25-20(23)17-11-26-28-19(17)18/h2-12,14H,13H2,1H3,(H2,23,25)(H,26,28)(H,27,30). The molecule has 0 bridgehead atoms. The van der Waals surface area contributed by atoms with E-state index in [2.05, 4.69) is 25.5 Å². The number of nitrogens with one attached hydrogen (secondary N) is 2. The van der Waals surface area contributed by atoms with Crippen LogP contribution in [0.25, 0.3) is 10.9 Å². The lowest BCUT2D eigenvalue weighted by atomic mass is 10.1. The molecule has 0 aliphatic carbocycles. The summed E-state index contributed by atoms with van der Waals surface area (Å²) >= 11 is 0. The molecule has 3 heterocycles. The summed E-state index contributed by atoms with van der Waals surface area (Å²) in [6, 6.07) is 14.6. The normalized spacial score (nSPS) is 11.8. The molecular weight excluding hydrogens is 394 g/mol. The van der Waals surface area contributed by atoms with Crippen molar-refractivity contribution >= 4 is 34.2 Å². The van der Waals surface area contributed by atoms with E-state index in [1.807, 2.05) is 49.4 Å². The molecule has 0 aliphatic rings. The first-order valence-electron chi connectivity index (χ1n) is 9.69. The Balaban J connectivity index is 1.62. The minimum atomic E-state index is -0.791. The Morgan fingerprint density at radius 3 is 2.61 bits per heavy atom. The molecule has 3 aromatic heterocycles. The van der Waals surface area contributed by atoms with Crippen LogP contribution in [0.5, 0.6) is 0 Å². The zero-order valence-corrected chi connectivity index (χ0v) is 16.8. The summed E-state index contributed by atoms with van der Waals surface area (Å²) < 4.78 is 0. The highest BCUT2D eigenvalue weighted by atomic mass is 16.2. The number of aromatic amines is 1. The Bertz CT molecular complexity index is 1210. The largest absolute Gasteiger partial charge is 0.383 e. The molecule has 1 unspecified atom stereocenters. The molecule has 0 saturated carbocycles. The molecule has 0 spiro atoms. The minimum Gasteiger partial charge on any atom is -0.383 e. The molecule has 9 nitrogen and oxygen atoms in total. The first-order valence-corrected chi connectivity index (χ1v) is 9.69. The SMILES string of the molecule is CC(c1ccccc1)N(Cc1ccccn1)C(=O)C(=O)Nc1cnc(N)c2cn[nH]c12. The van der Waals surface area contributed by atoms with E-state index in [1.54, 1.807) is 12.3 Å². The maximum absolute atomic E-state index is 13.2. The number of carbonyl (C=O) groups is 2. The van der Waals surface area contributed by atoms with E-state index in [-0.39, 0.29) is 18.4 Å². The van der Waals surface area contributed by atoms with Gasteiger partial charge in [0.1, 0.15) is 5.82 Å². The van der Waals surface area contributed by atoms with Crippen molar-refractivity contribution in [3.05, 3.63) is 78.4 Å². The number of carbonyl (C=O) groups excluding carboxylic acids is 2. The molecule has 0 aliphatic heterocycles. The Morgan fingerprint density at radius 1 is 1.10 bits per heavy atom. The second kappa shape index (κ2) is 8.62. The van der Waals surface area contributed by atoms with E-state index in [1.165, 1.54) is 17.3 Å². The Morgan fingerprint density at radius 2 is 1.87 bits per heavy atom. The first-order chi connectivity index (χ1) is 15.0. The Labute approximate surface area is 178 Å². The van der Waals surface area contributed by atoms with E-state index in [0.717, 1.165) is 5.56 Å². The number of anilines is 2. The number of nitrogens with two attached hydrogens (primary N) is 1. The molecule has 0 fully saturated rings. The summed E-state index contributed by atoms with van der Waals surface area (Å²) in [4.78, 5) is 36.0. The third-order valence-corrected chi connectivity index (χ3v) is 5.03. The Hall–Kier alpha value is -4.27. The van der Waals surface area contributed by atoms with Gasteiger partial charge in [0.15, 0.2) is 0 Å². The highest BCUT2D eigenvalue weighted by Gasteiger charge is 2.28. The predicted molar refractivity (Wildman–Crippen MR) is 117 cm³/mol. The van der Waals surface area contributed by atoms with Crippen molar-refractivity contribution in [3.63, 3.8) is 0 Å². The van der Waals surface area contributed by atoms with E-state index in [4.69, 9.17) is 5.73 Å². The fraction of sp³-hybridized carbons (Fsp3) is 0.136. The highest BCUT2D eigenvalue weighted by Crippen LogP contribution is 2.25. The molecule has 31 heavy (non-hydrogen) atoms. The van der Waals surface area contributed by atoms with Crippen LogP contribution in [0, 0.1) is 0 Å². The lowest BCUT2D eigenvalue weighted by Crippen LogP contribution is -2.41. The zero-order valence-electron chi connectivity index (χ0n) is 16.8. The van der Waals surface area contributed by atoms with Gasteiger partial charge in [0.25, 0.3) is 0 Å². The van der Waals surface area contributed by atoms with E-state index in [0.29, 0.717) is 22.3 Å². The zero-order chi connectivity index (χ0) is 21.8.